The second-order valence-electron chi connectivity index (χ2n) is 4.62. The van der Waals surface area contributed by atoms with Crippen LogP contribution in [0.1, 0.15) is 18.9 Å². The quantitative estimate of drug-likeness (QED) is 0.448. The molecule has 1 heterocycles. The second kappa shape index (κ2) is 7.90. The molecule has 0 aliphatic carbocycles. The number of hydrogen-bond acceptors (Lipinski definition) is 5. The van der Waals surface area contributed by atoms with Crippen LogP contribution in [0, 0.1) is 5.82 Å². The van der Waals surface area contributed by atoms with Gasteiger partial charge in [-0.05, 0) is 24.6 Å². The molecule has 1 aliphatic rings. The van der Waals surface area contributed by atoms with Crippen molar-refractivity contribution in [3.63, 3.8) is 0 Å². The fourth-order valence-electron chi connectivity index (χ4n) is 1.81. The maximum absolute atomic E-state index is 13.8. The van der Waals surface area contributed by atoms with E-state index in [1.165, 1.54) is 24.3 Å². The number of carbonyl (C=O) groups excluding carboxylic acids is 2. The van der Waals surface area contributed by atoms with Gasteiger partial charge in [-0.2, -0.15) is 0 Å². The van der Waals surface area contributed by atoms with Crippen LogP contribution in [-0.2, 0) is 14.3 Å². The lowest BCUT2D eigenvalue weighted by atomic mass is 10.2. The van der Waals surface area contributed by atoms with Crippen LogP contribution in [0.2, 0.25) is 5.02 Å². The average Bonchev–Trinajstić information content (AvgIpc) is 2.76. The minimum Gasteiger partial charge on any atom is -0.464 e. The van der Waals surface area contributed by atoms with E-state index in [1.54, 1.807) is 0 Å². The zero-order valence-electron chi connectivity index (χ0n) is 12.2. The summed E-state index contributed by atoms with van der Waals surface area (Å²) < 4.78 is 19.0. The van der Waals surface area contributed by atoms with Crippen molar-refractivity contribution in [3.05, 3.63) is 39.5 Å². The zero-order valence-corrected chi connectivity index (χ0v) is 14.6. The van der Waals surface area contributed by atoms with Crippen molar-refractivity contribution in [2.75, 3.05) is 13.2 Å². The van der Waals surface area contributed by atoms with E-state index >= 15 is 0 Å². The van der Waals surface area contributed by atoms with Gasteiger partial charge in [-0.25, -0.2) is 4.39 Å². The normalized spacial score (nSPS) is 16.3. The predicted octanol–water partition coefficient (Wildman–Crippen LogP) is 3.63. The topological polar surface area (TPSA) is 46.6 Å². The summed E-state index contributed by atoms with van der Waals surface area (Å²) in [6.45, 7) is 1.90. The van der Waals surface area contributed by atoms with Crippen LogP contribution in [0.25, 0.3) is 6.08 Å². The van der Waals surface area contributed by atoms with Gasteiger partial charge in [-0.15, -0.1) is 0 Å². The number of thiocarbonyl (C=S) groups is 1. The smallest absolute Gasteiger partial charge is 0.326 e. The third-order valence-corrected chi connectivity index (χ3v) is 4.61. The van der Waals surface area contributed by atoms with Crippen LogP contribution >= 0.6 is 35.6 Å². The number of benzene rings is 1. The van der Waals surface area contributed by atoms with Gasteiger partial charge in [0.1, 0.15) is 16.7 Å². The van der Waals surface area contributed by atoms with Crippen molar-refractivity contribution in [3.8, 4) is 0 Å². The molecule has 1 amide bonds. The molecule has 8 heteroatoms. The van der Waals surface area contributed by atoms with Crippen molar-refractivity contribution in [2.45, 2.75) is 13.3 Å². The Labute approximate surface area is 147 Å². The first-order valence-electron chi connectivity index (χ1n) is 6.79. The molecule has 1 aromatic rings. The van der Waals surface area contributed by atoms with Gasteiger partial charge in [0.05, 0.1) is 16.5 Å². The van der Waals surface area contributed by atoms with E-state index in [4.69, 9.17) is 28.6 Å². The van der Waals surface area contributed by atoms with E-state index in [2.05, 4.69) is 0 Å². The fraction of sp³-hybridized carbons (Fsp3) is 0.267. The van der Waals surface area contributed by atoms with Crippen molar-refractivity contribution in [1.29, 1.82) is 0 Å². The second-order valence-corrected chi connectivity index (χ2v) is 6.71. The molecule has 2 rings (SSSR count). The molecule has 1 saturated heterocycles. The third kappa shape index (κ3) is 4.31. The average molecular weight is 374 g/mol. The van der Waals surface area contributed by atoms with Gasteiger partial charge in [-0.3, -0.25) is 14.5 Å². The third-order valence-electron chi connectivity index (χ3n) is 2.90. The van der Waals surface area contributed by atoms with Gasteiger partial charge >= 0.3 is 5.97 Å². The first-order chi connectivity index (χ1) is 10.9. The summed E-state index contributed by atoms with van der Waals surface area (Å²) in [6.07, 6.45) is 2.03. The molecule has 0 radical (unpaired) electrons. The van der Waals surface area contributed by atoms with E-state index in [-0.39, 0.29) is 33.0 Å². The first-order valence-corrected chi connectivity index (χ1v) is 8.39. The van der Waals surface area contributed by atoms with E-state index in [9.17, 15) is 14.0 Å². The summed E-state index contributed by atoms with van der Waals surface area (Å²) in [5.41, 5.74) is 0.114. The number of carbonyl (C=O) groups is 2. The van der Waals surface area contributed by atoms with E-state index in [0.29, 0.717) is 6.42 Å². The highest BCUT2D eigenvalue weighted by atomic mass is 35.5. The summed E-state index contributed by atoms with van der Waals surface area (Å²) in [4.78, 5) is 25.3. The number of amides is 1. The van der Waals surface area contributed by atoms with E-state index < -0.39 is 17.7 Å². The summed E-state index contributed by atoms with van der Waals surface area (Å²) >= 11 is 12.0. The number of esters is 1. The van der Waals surface area contributed by atoms with Gasteiger partial charge < -0.3 is 4.74 Å². The lowest BCUT2D eigenvalue weighted by Crippen LogP contribution is -2.34. The highest BCUT2D eigenvalue weighted by Crippen LogP contribution is 2.34. The fourth-order valence-corrected chi connectivity index (χ4v) is 3.26. The number of nitrogens with zero attached hydrogens (tertiary/aromatic N) is 1. The molecule has 4 nitrogen and oxygen atoms in total. The van der Waals surface area contributed by atoms with Gasteiger partial charge in [0, 0.05) is 5.56 Å². The largest absolute Gasteiger partial charge is 0.464 e. The Kier molecular flexibility index (Phi) is 6.15. The number of ether oxygens (including phenoxy) is 1. The Morgan fingerprint density at radius 1 is 1.52 bits per heavy atom. The van der Waals surface area contributed by atoms with Crippen LogP contribution in [0.15, 0.2) is 23.1 Å². The molecule has 1 fully saturated rings. The Morgan fingerprint density at radius 3 is 2.91 bits per heavy atom. The number of thioether (sulfide) groups is 1. The standard InChI is InChI=1S/C15H13ClFNO3S2/c1-2-6-21-13(19)8-18-14(20)12(23-15(18)22)7-9-10(16)4-3-5-11(9)17/h3-5,7H,2,6,8H2,1H3/b12-7-. The molecule has 0 saturated carbocycles. The molecule has 0 spiro atoms. The Hall–Kier alpha value is -1.44. The molecule has 0 atom stereocenters. The molecular formula is C15H13ClFNO3S2. The Balaban J connectivity index is 2.18. The Bertz CT molecular complexity index is 673. The summed E-state index contributed by atoms with van der Waals surface area (Å²) in [5.74, 6) is -1.54. The van der Waals surface area contributed by atoms with E-state index in [1.807, 2.05) is 6.92 Å². The highest BCUT2D eigenvalue weighted by Gasteiger charge is 2.34. The van der Waals surface area contributed by atoms with Crippen LogP contribution in [0.4, 0.5) is 4.39 Å². The summed E-state index contributed by atoms with van der Waals surface area (Å²) in [6, 6.07) is 4.25. The molecule has 0 unspecified atom stereocenters. The lowest BCUT2D eigenvalue weighted by molar-refractivity contribution is -0.146. The number of hydrogen-bond donors (Lipinski definition) is 0. The van der Waals surface area contributed by atoms with E-state index in [0.717, 1.165) is 16.7 Å². The maximum atomic E-state index is 13.8. The molecule has 122 valence electrons. The van der Waals surface area contributed by atoms with Crippen molar-refractivity contribution < 1.29 is 18.7 Å². The maximum Gasteiger partial charge on any atom is 0.326 e. The van der Waals surface area contributed by atoms with Crippen LogP contribution in [-0.4, -0.2) is 34.2 Å². The minimum absolute atomic E-state index is 0.114. The highest BCUT2D eigenvalue weighted by molar-refractivity contribution is 8.26. The van der Waals surface area contributed by atoms with Crippen molar-refractivity contribution in [2.24, 2.45) is 0 Å². The van der Waals surface area contributed by atoms with Crippen LogP contribution in [0.5, 0.6) is 0 Å². The lowest BCUT2D eigenvalue weighted by Gasteiger charge is -2.13. The molecular weight excluding hydrogens is 361 g/mol. The molecule has 1 aliphatic heterocycles. The molecule has 1 aromatic carbocycles. The van der Waals surface area contributed by atoms with Crippen molar-refractivity contribution in [1.82, 2.24) is 4.90 Å². The summed E-state index contributed by atoms with van der Waals surface area (Å²) in [5, 5.41) is 0.192. The van der Waals surface area contributed by atoms with Gasteiger partial charge in [-0.1, -0.05) is 48.6 Å². The zero-order chi connectivity index (χ0) is 17.0. The van der Waals surface area contributed by atoms with Crippen LogP contribution < -0.4 is 0 Å². The Morgan fingerprint density at radius 2 is 2.26 bits per heavy atom. The SMILES string of the molecule is CCCOC(=O)CN1C(=O)/C(=C/c2c(F)cccc2Cl)SC1=S. The number of rotatable bonds is 5. The monoisotopic (exact) mass is 373 g/mol. The molecule has 23 heavy (non-hydrogen) atoms. The molecule has 0 N–H and O–H groups in total. The van der Waals surface area contributed by atoms with Crippen LogP contribution in [0.3, 0.4) is 0 Å². The predicted molar refractivity (Wildman–Crippen MR) is 92.5 cm³/mol. The molecule has 0 aromatic heterocycles. The number of halogens is 2. The van der Waals surface area contributed by atoms with Gasteiger partial charge in [0.25, 0.3) is 5.91 Å². The van der Waals surface area contributed by atoms with Gasteiger partial charge in [0.15, 0.2) is 0 Å². The molecule has 0 bridgehead atoms. The van der Waals surface area contributed by atoms with Crippen molar-refractivity contribution >= 4 is 57.9 Å². The summed E-state index contributed by atoms with van der Waals surface area (Å²) in [7, 11) is 0. The minimum atomic E-state index is -0.537. The first kappa shape index (κ1) is 17.9. The van der Waals surface area contributed by atoms with Gasteiger partial charge in [0.2, 0.25) is 0 Å².